The minimum absolute atomic E-state index is 0.0708. The molecule has 0 aromatic carbocycles. The van der Waals surface area contributed by atoms with Crippen molar-refractivity contribution in [1.82, 2.24) is 19.7 Å². The summed E-state index contributed by atoms with van der Waals surface area (Å²) >= 11 is 1.04. The maximum atomic E-state index is 11.0. The Kier molecular flexibility index (Phi) is 3.76. The van der Waals surface area contributed by atoms with Crippen molar-refractivity contribution in [3.63, 3.8) is 0 Å². The summed E-state index contributed by atoms with van der Waals surface area (Å²) in [5.74, 6) is 0.386. The number of pyridine rings is 1. The molecule has 9 heteroatoms. The molecule has 0 spiro atoms. The molecule has 19 heavy (non-hydrogen) atoms. The summed E-state index contributed by atoms with van der Waals surface area (Å²) in [7, 11) is 1.67. The van der Waals surface area contributed by atoms with E-state index in [4.69, 9.17) is 5.11 Å². The van der Waals surface area contributed by atoms with Crippen LogP contribution in [0.3, 0.4) is 0 Å². The first-order valence-electron chi connectivity index (χ1n) is 5.31. The molecule has 0 aliphatic heterocycles. The van der Waals surface area contributed by atoms with Crippen LogP contribution in [0.25, 0.3) is 0 Å². The normalized spacial score (nSPS) is 10.7. The number of nitrogens with zero attached hydrogens (tertiary/aromatic N) is 5. The van der Waals surface area contributed by atoms with Gasteiger partial charge in [-0.25, -0.2) is 4.98 Å². The molecule has 0 unspecified atom stereocenters. The van der Waals surface area contributed by atoms with E-state index in [1.165, 1.54) is 6.07 Å². The van der Waals surface area contributed by atoms with E-state index < -0.39 is 4.92 Å². The molecule has 0 amide bonds. The lowest BCUT2D eigenvalue weighted by Crippen LogP contribution is -1.99. The summed E-state index contributed by atoms with van der Waals surface area (Å²) in [6.07, 6.45) is 1.55. The van der Waals surface area contributed by atoms with E-state index >= 15 is 0 Å². The Bertz CT molecular complexity index is 628. The number of hydrogen-bond acceptors (Lipinski definition) is 7. The van der Waals surface area contributed by atoms with Crippen molar-refractivity contribution in [2.24, 2.45) is 7.05 Å². The van der Waals surface area contributed by atoms with Crippen molar-refractivity contribution < 1.29 is 10.0 Å². The minimum atomic E-state index is -0.480. The Morgan fingerprint density at radius 2 is 2.26 bits per heavy atom. The van der Waals surface area contributed by atoms with Crippen molar-refractivity contribution in [2.45, 2.75) is 23.7 Å². The zero-order chi connectivity index (χ0) is 14.0. The lowest BCUT2D eigenvalue weighted by Gasteiger charge is -2.03. The van der Waals surface area contributed by atoms with Gasteiger partial charge in [0.25, 0.3) is 0 Å². The SMILES string of the molecule is Cc1cnc(Sc2nnc(CO)n2C)c([N+](=O)[O-])c1. The van der Waals surface area contributed by atoms with Gasteiger partial charge in [0.1, 0.15) is 6.61 Å². The summed E-state index contributed by atoms with van der Waals surface area (Å²) < 4.78 is 1.57. The standard InChI is InChI=1S/C10H11N5O3S/c1-6-3-7(15(17)18)9(11-4-6)19-10-13-12-8(5-16)14(10)2/h3-4,16H,5H2,1-2H3. The highest BCUT2D eigenvalue weighted by atomic mass is 32.2. The quantitative estimate of drug-likeness (QED) is 0.659. The Hall–Kier alpha value is -2.00. The zero-order valence-electron chi connectivity index (χ0n) is 10.3. The molecule has 1 N–H and O–H groups in total. The van der Waals surface area contributed by atoms with Crippen LogP contribution in [0.1, 0.15) is 11.4 Å². The van der Waals surface area contributed by atoms with Crippen LogP contribution >= 0.6 is 11.8 Å². The Balaban J connectivity index is 2.37. The van der Waals surface area contributed by atoms with Crippen LogP contribution in [-0.4, -0.2) is 29.8 Å². The number of aromatic nitrogens is 4. The van der Waals surface area contributed by atoms with E-state index in [-0.39, 0.29) is 17.3 Å². The second-order valence-electron chi connectivity index (χ2n) is 3.81. The topological polar surface area (TPSA) is 107 Å². The van der Waals surface area contributed by atoms with Gasteiger partial charge < -0.3 is 9.67 Å². The highest BCUT2D eigenvalue weighted by Crippen LogP contribution is 2.32. The Labute approximate surface area is 112 Å². The number of nitro groups is 1. The number of aliphatic hydroxyl groups excluding tert-OH is 1. The fourth-order valence-corrected chi connectivity index (χ4v) is 2.25. The molecule has 0 bridgehead atoms. The first-order chi connectivity index (χ1) is 9.02. The Morgan fingerprint density at radius 1 is 1.53 bits per heavy atom. The van der Waals surface area contributed by atoms with Crippen LogP contribution in [0.15, 0.2) is 22.4 Å². The number of aliphatic hydroxyl groups is 1. The molecule has 8 nitrogen and oxygen atoms in total. The monoisotopic (exact) mass is 281 g/mol. The molecule has 2 aromatic rings. The van der Waals surface area contributed by atoms with E-state index in [1.807, 2.05) is 0 Å². The summed E-state index contributed by atoms with van der Waals surface area (Å²) in [4.78, 5) is 14.5. The molecule has 0 radical (unpaired) electrons. The third kappa shape index (κ3) is 2.71. The summed E-state index contributed by atoms with van der Waals surface area (Å²) in [5, 5.41) is 28.3. The molecular formula is C10H11N5O3S. The van der Waals surface area contributed by atoms with Gasteiger partial charge in [0, 0.05) is 19.3 Å². The molecule has 2 rings (SSSR count). The maximum Gasteiger partial charge on any atom is 0.302 e. The molecule has 0 saturated heterocycles. The molecule has 0 atom stereocenters. The molecule has 0 aliphatic rings. The van der Waals surface area contributed by atoms with Crippen molar-refractivity contribution in [3.8, 4) is 0 Å². The average molecular weight is 281 g/mol. The van der Waals surface area contributed by atoms with E-state index in [0.717, 1.165) is 11.8 Å². The smallest absolute Gasteiger partial charge is 0.302 e. The number of aryl methyl sites for hydroxylation is 1. The first kappa shape index (κ1) is 13.4. The molecular weight excluding hydrogens is 270 g/mol. The predicted molar refractivity (Wildman–Crippen MR) is 66.7 cm³/mol. The fourth-order valence-electron chi connectivity index (χ4n) is 1.41. The second kappa shape index (κ2) is 5.33. The van der Waals surface area contributed by atoms with Crippen LogP contribution < -0.4 is 0 Å². The van der Waals surface area contributed by atoms with E-state index in [9.17, 15) is 10.1 Å². The third-order valence-electron chi connectivity index (χ3n) is 2.42. The number of rotatable bonds is 4. The summed E-state index contributed by atoms with van der Waals surface area (Å²) in [6.45, 7) is 1.49. The van der Waals surface area contributed by atoms with Gasteiger partial charge in [-0.15, -0.1) is 10.2 Å². The van der Waals surface area contributed by atoms with Crippen LogP contribution in [0.4, 0.5) is 5.69 Å². The molecule has 0 fully saturated rings. The largest absolute Gasteiger partial charge is 0.388 e. The molecule has 0 aliphatic carbocycles. The third-order valence-corrected chi connectivity index (χ3v) is 3.47. The van der Waals surface area contributed by atoms with E-state index in [2.05, 4.69) is 15.2 Å². The van der Waals surface area contributed by atoms with E-state index in [1.54, 1.807) is 24.7 Å². The minimum Gasteiger partial charge on any atom is -0.388 e. The van der Waals surface area contributed by atoms with Crippen LogP contribution in [-0.2, 0) is 13.7 Å². The van der Waals surface area contributed by atoms with Gasteiger partial charge >= 0.3 is 5.69 Å². The lowest BCUT2D eigenvalue weighted by molar-refractivity contribution is -0.388. The maximum absolute atomic E-state index is 11.0. The van der Waals surface area contributed by atoms with Gasteiger partial charge in [-0.1, -0.05) is 0 Å². The van der Waals surface area contributed by atoms with E-state index in [0.29, 0.717) is 16.5 Å². The molecule has 2 aromatic heterocycles. The van der Waals surface area contributed by atoms with Crippen molar-refractivity contribution in [2.75, 3.05) is 0 Å². The fraction of sp³-hybridized carbons (Fsp3) is 0.300. The van der Waals surface area contributed by atoms with Gasteiger partial charge in [-0.3, -0.25) is 10.1 Å². The second-order valence-corrected chi connectivity index (χ2v) is 4.77. The summed E-state index contributed by atoms with van der Waals surface area (Å²) in [5.41, 5.74) is 0.642. The van der Waals surface area contributed by atoms with Gasteiger partial charge in [0.15, 0.2) is 16.0 Å². The highest BCUT2D eigenvalue weighted by molar-refractivity contribution is 7.99. The van der Waals surface area contributed by atoms with Crippen molar-refractivity contribution >= 4 is 17.4 Å². The first-order valence-corrected chi connectivity index (χ1v) is 6.12. The van der Waals surface area contributed by atoms with Crippen molar-refractivity contribution in [1.29, 1.82) is 0 Å². The van der Waals surface area contributed by atoms with Crippen molar-refractivity contribution in [3.05, 3.63) is 33.8 Å². The van der Waals surface area contributed by atoms with Gasteiger partial charge in [-0.05, 0) is 24.2 Å². The van der Waals surface area contributed by atoms with Crippen LogP contribution in [0.2, 0.25) is 0 Å². The van der Waals surface area contributed by atoms with Crippen LogP contribution in [0, 0.1) is 17.0 Å². The van der Waals surface area contributed by atoms with Gasteiger partial charge in [-0.2, -0.15) is 0 Å². The number of hydrogen-bond donors (Lipinski definition) is 1. The highest BCUT2D eigenvalue weighted by Gasteiger charge is 2.19. The Morgan fingerprint density at radius 3 is 2.84 bits per heavy atom. The van der Waals surface area contributed by atoms with Gasteiger partial charge in [0.2, 0.25) is 0 Å². The average Bonchev–Trinajstić information content (AvgIpc) is 2.72. The molecule has 2 heterocycles. The van der Waals surface area contributed by atoms with Crippen LogP contribution in [0.5, 0.6) is 0 Å². The molecule has 100 valence electrons. The zero-order valence-corrected chi connectivity index (χ0v) is 11.1. The lowest BCUT2D eigenvalue weighted by atomic mass is 10.3. The predicted octanol–water partition coefficient (Wildman–Crippen LogP) is 1.07. The summed E-state index contributed by atoms with van der Waals surface area (Å²) in [6, 6.07) is 1.46. The van der Waals surface area contributed by atoms with Gasteiger partial charge in [0.05, 0.1) is 4.92 Å². The molecule has 0 saturated carbocycles.